The molecule has 0 saturated heterocycles. The Morgan fingerprint density at radius 1 is 1.50 bits per heavy atom. The first-order valence-electron chi connectivity index (χ1n) is 2.84. The first-order chi connectivity index (χ1) is 3.72. The largest absolute Gasteiger partial charge is 0.310 e. The molecule has 0 spiro atoms. The van der Waals surface area contributed by atoms with Crippen molar-refractivity contribution in [2.24, 2.45) is 0 Å². The molecule has 0 N–H and O–H groups in total. The van der Waals surface area contributed by atoms with Crippen LogP contribution < -0.4 is 0 Å². The molecule has 0 heterocycles. The van der Waals surface area contributed by atoms with Crippen molar-refractivity contribution in [1.82, 2.24) is 4.73 Å². The minimum absolute atomic E-state index is 0.364. The lowest BCUT2D eigenvalue weighted by Gasteiger charge is -2.19. The summed E-state index contributed by atoms with van der Waals surface area (Å²) in [7, 11) is 1.36. The molecule has 0 fully saturated rings. The second-order valence-corrected chi connectivity index (χ2v) is 4.22. The normalized spacial score (nSPS) is 11.2. The fraction of sp³-hybridized carbons (Fsp3) is 1.00. The maximum atomic E-state index is 5.04. The van der Waals surface area contributed by atoms with Gasteiger partial charge in [0.15, 0.2) is 8.96 Å². The molecule has 0 aromatic rings. The zero-order valence-electron chi connectivity index (χ0n) is 6.06. The highest BCUT2D eigenvalue weighted by Crippen LogP contribution is 1.91. The average molecular weight is 132 g/mol. The van der Waals surface area contributed by atoms with Gasteiger partial charge in [-0.2, -0.15) is 0 Å². The van der Waals surface area contributed by atoms with E-state index in [9.17, 15) is 0 Å². The molecule has 0 unspecified atom stereocenters. The van der Waals surface area contributed by atoms with Crippen LogP contribution in [0.5, 0.6) is 0 Å². The summed E-state index contributed by atoms with van der Waals surface area (Å²) in [5.41, 5.74) is 0. The molecule has 0 rings (SSSR count). The third-order valence-corrected chi connectivity index (χ3v) is 2.50. The number of rotatable bonds is 3. The second-order valence-electron chi connectivity index (χ2n) is 1.82. The van der Waals surface area contributed by atoms with E-state index in [-0.39, 0.29) is 8.96 Å². The molecule has 2 nitrogen and oxygen atoms in total. The summed E-state index contributed by atoms with van der Waals surface area (Å²) in [6, 6.07) is 0. The molecule has 8 heavy (non-hydrogen) atoms. The average Bonchev–Trinajstić information content (AvgIpc) is 1.69. The number of hydrogen-bond donors (Lipinski definition) is 0. The van der Waals surface area contributed by atoms with E-state index in [0.717, 1.165) is 6.54 Å². The number of hydroxylamine groups is 1. The van der Waals surface area contributed by atoms with Gasteiger partial charge in [-0.25, -0.2) is 4.73 Å². The van der Waals surface area contributed by atoms with Crippen molar-refractivity contribution in [2.45, 2.75) is 20.0 Å². The Bertz CT molecular complexity index is 54.4. The van der Waals surface area contributed by atoms with E-state index < -0.39 is 0 Å². The summed E-state index contributed by atoms with van der Waals surface area (Å²) in [5, 5.41) is 0. The molecule has 0 aliphatic heterocycles. The molecule has 0 saturated carbocycles. The van der Waals surface area contributed by atoms with Gasteiger partial charge in [-0.05, 0) is 0 Å². The summed E-state index contributed by atoms with van der Waals surface area (Å²) in [4.78, 5) is 5.04. The zero-order valence-corrected chi connectivity index (χ0v) is 7.06. The summed E-state index contributed by atoms with van der Waals surface area (Å²) in [6.45, 7) is 7.51. The zero-order chi connectivity index (χ0) is 6.57. The highest BCUT2D eigenvalue weighted by molar-refractivity contribution is 6.52. The van der Waals surface area contributed by atoms with Gasteiger partial charge in [0.25, 0.3) is 0 Å². The Labute approximate surface area is 53.1 Å². The Morgan fingerprint density at radius 3 is 2.00 bits per heavy atom. The van der Waals surface area contributed by atoms with E-state index in [1.807, 2.05) is 4.73 Å². The van der Waals surface area contributed by atoms with Crippen LogP contribution in [0.2, 0.25) is 13.1 Å². The van der Waals surface area contributed by atoms with Gasteiger partial charge in [-0.1, -0.05) is 20.0 Å². The standard InChI is InChI=1S/C5H14NOSi/c1-5-6(7-2)8(3)4/h5H2,1-4H3. The van der Waals surface area contributed by atoms with Gasteiger partial charge >= 0.3 is 0 Å². The van der Waals surface area contributed by atoms with Gasteiger partial charge in [-0.3, -0.25) is 0 Å². The van der Waals surface area contributed by atoms with Crippen LogP contribution >= 0.6 is 0 Å². The molecule has 0 aromatic carbocycles. The van der Waals surface area contributed by atoms with Crippen LogP contribution in [-0.2, 0) is 4.84 Å². The molecular weight excluding hydrogens is 118 g/mol. The molecule has 3 heteroatoms. The highest BCUT2D eigenvalue weighted by atomic mass is 28.3. The topological polar surface area (TPSA) is 12.5 Å². The molecule has 0 aliphatic rings. The lowest BCUT2D eigenvalue weighted by atomic mass is 10.8. The van der Waals surface area contributed by atoms with E-state index in [0.29, 0.717) is 0 Å². The van der Waals surface area contributed by atoms with E-state index in [2.05, 4.69) is 20.0 Å². The van der Waals surface area contributed by atoms with E-state index in [1.54, 1.807) is 7.11 Å². The molecular formula is C5H14NOSi. The van der Waals surface area contributed by atoms with Crippen LogP contribution in [-0.4, -0.2) is 27.3 Å². The number of nitrogens with zero attached hydrogens (tertiary/aromatic N) is 1. The smallest absolute Gasteiger partial charge is 0.164 e. The number of hydrogen-bond acceptors (Lipinski definition) is 2. The summed E-state index contributed by atoms with van der Waals surface area (Å²) >= 11 is 0. The Hall–Kier alpha value is 0.137. The summed E-state index contributed by atoms with van der Waals surface area (Å²) < 4.78 is 2.02. The van der Waals surface area contributed by atoms with Crippen LogP contribution in [0.15, 0.2) is 0 Å². The van der Waals surface area contributed by atoms with Crippen molar-refractivity contribution in [3.63, 3.8) is 0 Å². The van der Waals surface area contributed by atoms with Gasteiger partial charge in [0.1, 0.15) is 0 Å². The molecule has 0 aliphatic carbocycles. The van der Waals surface area contributed by atoms with Crippen LogP contribution in [0.3, 0.4) is 0 Å². The predicted molar refractivity (Wildman–Crippen MR) is 36.9 cm³/mol. The molecule has 0 amide bonds. The molecule has 1 radical (unpaired) electrons. The Morgan fingerprint density at radius 2 is 2.00 bits per heavy atom. The molecule has 0 aromatic heterocycles. The quantitative estimate of drug-likeness (QED) is 0.421. The van der Waals surface area contributed by atoms with Gasteiger partial charge in [0.2, 0.25) is 0 Å². The van der Waals surface area contributed by atoms with E-state index in [4.69, 9.17) is 4.84 Å². The third kappa shape index (κ3) is 2.45. The van der Waals surface area contributed by atoms with Crippen LogP contribution in [0.4, 0.5) is 0 Å². The monoisotopic (exact) mass is 132 g/mol. The molecule has 49 valence electrons. The Balaban J connectivity index is 3.35. The first-order valence-corrected chi connectivity index (χ1v) is 5.28. The van der Waals surface area contributed by atoms with Crippen molar-refractivity contribution in [2.75, 3.05) is 13.7 Å². The van der Waals surface area contributed by atoms with Crippen molar-refractivity contribution in [3.05, 3.63) is 0 Å². The van der Waals surface area contributed by atoms with Gasteiger partial charge < -0.3 is 4.84 Å². The Kier molecular flexibility index (Phi) is 4.13. The van der Waals surface area contributed by atoms with Gasteiger partial charge in [0.05, 0.1) is 7.11 Å². The fourth-order valence-corrected chi connectivity index (χ4v) is 1.63. The van der Waals surface area contributed by atoms with E-state index in [1.165, 1.54) is 0 Å². The van der Waals surface area contributed by atoms with Crippen LogP contribution in [0.25, 0.3) is 0 Å². The van der Waals surface area contributed by atoms with E-state index >= 15 is 0 Å². The van der Waals surface area contributed by atoms with Crippen molar-refractivity contribution in [3.8, 4) is 0 Å². The van der Waals surface area contributed by atoms with Gasteiger partial charge in [-0.15, -0.1) is 0 Å². The maximum absolute atomic E-state index is 5.04. The summed E-state index contributed by atoms with van der Waals surface area (Å²) in [5.74, 6) is 0. The van der Waals surface area contributed by atoms with Crippen molar-refractivity contribution in [1.29, 1.82) is 0 Å². The second kappa shape index (κ2) is 4.06. The van der Waals surface area contributed by atoms with Crippen molar-refractivity contribution < 1.29 is 4.84 Å². The first kappa shape index (κ1) is 8.14. The molecule has 0 atom stereocenters. The van der Waals surface area contributed by atoms with Crippen LogP contribution in [0.1, 0.15) is 6.92 Å². The van der Waals surface area contributed by atoms with Gasteiger partial charge in [0, 0.05) is 6.54 Å². The van der Waals surface area contributed by atoms with Crippen LogP contribution in [0, 0.1) is 0 Å². The summed E-state index contributed by atoms with van der Waals surface area (Å²) in [6.07, 6.45) is 0. The SMILES string of the molecule is CCN(OC)[Si](C)C. The lowest BCUT2D eigenvalue weighted by molar-refractivity contribution is -0.0518. The maximum Gasteiger partial charge on any atom is 0.164 e. The lowest BCUT2D eigenvalue weighted by Crippen LogP contribution is -2.32. The minimum atomic E-state index is -0.364. The minimum Gasteiger partial charge on any atom is -0.310 e. The molecule has 0 bridgehead atoms. The fourth-order valence-electron chi connectivity index (χ4n) is 0.628. The van der Waals surface area contributed by atoms with Crippen molar-refractivity contribution >= 4 is 8.96 Å². The highest BCUT2D eigenvalue weighted by Gasteiger charge is 2.05. The third-order valence-electron chi connectivity index (χ3n) is 1.01. The predicted octanol–water partition coefficient (Wildman–Crippen LogP) is 1.12.